The maximum Gasteiger partial charge on any atom is 0.275 e. The Hall–Kier alpha value is -1.31. The van der Waals surface area contributed by atoms with Crippen molar-refractivity contribution in [1.29, 1.82) is 0 Å². The smallest absolute Gasteiger partial charge is 0.275 e. The van der Waals surface area contributed by atoms with E-state index in [1.54, 1.807) is 24.0 Å². The lowest BCUT2D eigenvalue weighted by Crippen LogP contribution is -2.21. The van der Waals surface area contributed by atoms with Gasteiger partial charge in [-0.3, -0.25) is 4.98 Å². The second-order valence-corrected chi connectivity index (χ2v) is 7.82. The van der Waals surface area contributed by atoms with Crippen molar-refractivity contribution in [1.82, 2.24) is 9.29 Å². The molecule has 0 unspecified atom stereocenters. The van der Waals surface area contributed by atoms with Gasteiger partial charge in [0.2, 0.25) is 5.09 Å². The summed E-state index contributed by atoms with van der Waals surface area (Å²) in [5, 5.41) is -0.00664. The lowest BCUT2D eigenvalue weighted by molar-refractivity contribution is 0.408. The number of furan rings is 1. The van der Waals surface area contributed by atoms with E-state index in [1.807, 2.05) is 18.2 Å². The van der Waals surface area contributed by atoms with Gasteiger partial charge in [0.05, 0.1) is 5.75 Å². The van der Waals surface area contributed by atoms with Crippen LogP contribution in [0.25, 0.3) is 0 Å². The van der Waals surface area contributed by atoms with E-state index in [4.69, 9.17) is 4.42 Å². The number of thioether (sulfide) groups is 1. The van der Waals surface area contributed by atoms with Gasteiger partial charge in [-0.15, -0.1) is 0 Å². The highest BCUT2D eigenvalue weighted by atomic mass is 32.2. The number of aromatic nitrogens is 1. The number of hydrogen-bond acceptors (Lipinski definition) is 5. The Kier molecular flexibility index (Phi) is 5.44. The van der Waals surface area contributed by atoms with Gasteiger partial charge in [0.1, 0.15) is 5.76 Å². The summed E-state index contributed by atoms with van der Waals surface area (Å²) in [6.07, 6.45) is 2.67. The molecular formula is C14H18N2O3S2. The molecule has 2 heterocycles. The third-order valence-corrected chi connectivity index (χ3v) is 5.52. The minimum atomic E-state index is -3.48. The molecule has 0 atom stereocenters. The van der Waals surface area contributed by atoms with E-state index in [9.17, 15) is 8.42 Å². The highest BCUT2D eigenvalue weighted by Gasteiger charge is 2.21. The molecule has 0 N–H and O–H groups in total. The second-order valence-electron chi connectivity index (χ2n) is 4.63. The standard InChI is InChI=1S/C14H18N2O3S2/c1-16(2)21(17,18)14-7-6-13(19-14)11-20-10-8-12-5-3-4-9-15-12/h3-7,9H,8,10-11H2,1-2H3. The van der Waals surface area contributed by atoms with Crippen LogP contribution >= 0.6 is 11.8 Å². The van der Waals surface area contributed by atoms with Crippen LogP contribution in [-0.4, -0.2) is 37.6 Å². The van der Waals surface area contributed by atoms with Crippen molar-refractivity contribution >= 4 is 21.8 Å². The average molecular weight is 326 g/mol. The Morgan fingerprint density at radius 1 is 1.24 bits per heavy atom. The molecule has 0 aliphatic carbocycles. The monoisotopic (exact) mass is 326 g/mol. The molecule has 21 heavy (non-hydrogen) atoms. The van der Waals surface area contributed by atoms with Crippen molar-refractivity contribution in [2.45, 2.75) is 17.3 Å². The number of nitrogens with zero attached hydrogens (tertiary/aromatic N) is 2. The summed E-state index contributed by atoms with van der Waals surface area (Å²) in [7, 11) is -0.512. The first kappa shape index (κ1) is 16.1. The fourth-order valence-electron chi connectivity index (χ4n) is 1.65. The summed E-state index contributed by atoms with van der Waals surface area (Å²) >= 11 is 1.69. The lowest BCUT2D eigenvalue weighted by Gasteiger charge is -2.07. The van der Waals surface area contributed by atoms with Gasteiger partial charge in [-0.1, -0.05) is 6.07 Å². The first-order valence-electron chi connectivity index (χ1n) is 6.49. The molecule has 0 saturated heterocycles. The van der Waals surface area contributed by atoms with Crippen LogP contribution in [0.1, 0.15) is 11.5 Å². The van der Waals surface area contributed by atoms with Gasteiger partial charge in [-0.05, 0) is 36.4 Å². The van der Waals surface area contributed by atoms with Gasteiger partial charge in [0.15, 0.2) is 0 Å². The highest BCUT2D eigenvalue weighted by molar-refractivity contribution is 7.98. The molecule has 0 bridgehead atoms. The van der Waals surface area contributed by atoms with Crippen molar-refractivity contribution in [3.63, 3.8) is 0 Å². The molecule has 2 aromatic rings. The van der Waals surface area contributed by atoms with E-state index in [-0.39, 0.29) is 5.09 Å². The fraction of sp³-hybridized carbons (Fsp3) is 0.357. The number of rotatable bonds is 7. The molecule has 7 heteroatoms. The zero-order valence-corrected chi connectivity index (χ0v) is 13.7. The predicted octanol–water partition coefficient (Wildman–Crippen LogP) is 2.40. The van der Waals surface area contributed by atoms with E-state index < -0.39 is 10.0 Å². The van der Waals surface area contributed by atoms with Crippen LogP contribution in [0.2, 0.25) is 0 Å². The van der Waals surface area contributed by atoms with E-state index in [0.29, 0.717) is 11.5 Å². The minimum absolute atomic E-state index is 0.00664. The van der Waals surface area contributed by atoms with Gasteiger partial charge in [-0.2, -0.15) is 11.8 Å². The molecule has 5 nitrogen and oxygen atoms in total. The summed E-state index contributed by atoms with van der Waals surface area (Å²) < 4.78 is 30.3. The molecule has 0 saturated carbocycles. The summed E-state index contributed by atoms with van der Waals surface area (Å²) in [5.41, 5.74) is 1.06. The second kappa shape index (κ2) is 7.11. The highest BCUT2D eigenvalue weighted by Crippen LogP contribution is 2.20. The summed E-state index contributed by atoms with van der Waals surface area (Å²) in [5.74, 6) is 2.23. The van der Waals surface area contributed by atoms with Crippen LogP contribution < -0.4 is 0 Å². The van der Waals surface area contributed by atoms with Gasteiger partial charge in [0, 0.05) is 26.0 Å². The van der Waals surface area contributed by atoms with Gasteiger partial charge in [0.25, 0.3) is 10.0 Å². The van der Waals surface area contributed by atoms with E-state index >= 15 is 0 Å². The molecule has 0 fully saturated rings. The Labute approximate surface area is 129 Å². The molecule has 114 valence electrons. The molecule has 0 radical (unpaired) electrons. The van der Waals surface area contributed by atoms with Crippen molar-refractivity contribution in [2.24, 2.45) is 0 Å². The molecule has 0 aromatic carbocycles. The zero-order chi connectivity index (χ0) is 15.3. The summed E-state index contributed by atoms with van der Waals surface area (Å²) in [6, 6.07) is 9.08. The molecule has 2 aromatic heterocycles. The normalized spacial score (nSPS) is 12.0. The predicted molar refractivity (Wildman–Crippen MR) is 83.7 cm³/mol. The molecule has 0 aliphatic heterocycles. The molecular weight excluding hydrogens is 308 g/mol. The van der Waals surface area contributed by atoms with Crippen LogP contribution in [-0.2, 0) is 22.2 Å². The third-order valence-electron chi connectivity index (χ3n) is 2.84. The van der Waals surface area contributed by atoms with Crippen LogP contribution in [0.15, 0.2) is 46.0 Å². The zero-order valence-electron chi connectivity index (χ0n) is 12.0. The Balaban J connectivity index is 1.84. The van der Waals surface area contributed by atoms with Crippen LogP contribution in [0.5, 0.6) is 0 Å². The minimum Gasteiger partial charge on any atom is -0.447 e. The van der Waals surface area contributed by atoms with Gasteiger partial charge >= 0.3 is 0 Å². The number of aryl methyl sites for hydroxylation is 1. The fourth-order valence-corrected chi connectivity index (χ4v) is 3.32. The van der Waals surface area contributed by atoms with E-state index in [2.05, 4.69) is 4.98 Å². The summed E-state index contributed by atoms with van der Waals surface area (Å²) in [4.78, 5) is 4.26. The Bertz CT molecular complexity index is 667. The van der Waals surface area contributed by atoms with Gasteiger partial charge < -0.3 is 4.42 Å². The van der Waals surface area contributed by atoms with Crippen molar-refractivity contribution < 1.29 is 12.8 Å². The number of sulfonamides is 1. The topological polar surface area (TPSA) is 63.4 Å². The molecule has 0 amide bonds. The van der Waals surface area contributed by atoms with Crippen LogP contribution in [0.4, 0.5) is 0 Å². The Morgan fingerprint density at radius 3 is 2.71 bits per heavy atom. The quantitative estimate of drug-likeness (QED) is 0.731. The maximum atomic E-state index is 11.9. The first-order valence-corrected chi connectivity index (χ1v) is 9.08. The molecule has 0 aliphatic rings. The first-order chi connectivity index (χ1) is 10.00. The van der Waals surface area contributed by atoms with Crippen LogP contribution in [0, 0.1) is 0 Å². The molecule has 2 rings (SSSR count). The maximum absolute atomic E-state index is 11.9. The van der Waals surface area contributed by atoms with Crippen molar-refractivity contribution in [3.8, 4) is 0 Å². The molecule has 0 spiro atoms. The Morgan fingerprint density at radius 2 is 2.05 bits per heavy atom. The summed E-state index contributed by atoms with van der Waals surface area (Å²) in [6.45, 7) is 0. The number of hydrogen-bond donors (Lipinski definition) is 0. The largest absolute Gasteiger partial charge is 0.447 e. The van der Waals surface area contributed by atoms with Crippen molar-refractivity contribution in [3.05, 3.63) is 48.0 Å². The third kappa shape index (κ3) is 4.33. The average Bonchev–Trinajstić information content (AvgIpc) is 2.94. The van der Waals surface area contributed by atoms with E-state index in [0.717, 1.165) is 22.2 Å². The lowest BCUT2D eigenvalue weighted by atomic mass is 10.3. The van der Waals surface area contributed by atoms with Gasteiger partial charge in [-0.25, -0.2) is 12.7 Å². The number of pyridine rings is 1. The SMILES string of the molecule is CN(C)S(=O)(=O)c1ccc(CSCCc2ccccn2)o1. The van der Waals surface area contributed by atoms with Crippen molar-refractivity contribution in [2.75, 3.05) is 19.8 Å². The van der Waals surface area contributed by atoms with E-state index in [1.165, 1.54) is 20.2 Å². The van der Waals surface area contributed by atoms with Crippen LogP contribution in [0.3, 0.4) is 0 Å².